The maximum Gasteiger partial charge on any atom is 0.337 e. The molecular formula is C23H23FN4O2. The number of fused-ring (bicyclic) bond motifs is 1. The third-order valence-electron chi connectivity index (χ3n) is 5.01. The highest BCUT2D eigenvalue weighted by Gasteiger charge is 2.19. The fourth-order valence-electron chi connectivity index (χ4n) is 3.54. The van der Waals surface area contributed by atoms with Gasteiger partial charge in [0, 0.05) is 13.1 Å². The van der Waals surface area contributed by atoms with Crippen molar-refractivity contribution in [1.29, 1.82) is 0 Å². The molecule has 0 fully saturated rings. The van der Waals surface area contributed by atoms with E-state index < -0.39 is 5.69 Å². The van der Waals surface area contributed by atoms with E-state index in [1.165, 1.54) is 21.3 Å². The molecule has 0 aliphatic rings. The normalized spacial score (nSPS) is 11.5. The zero-order valence-corrected chi connectivity index (χ0v) is 17.2. The van der Waals surface area contributed by atoms with E-state index in [-0.39, 0.29) is 17.3 Å². The molecule has 2 aromatic carbocycles. The van der Waals surface area contributed by atoms with Crippen LogP contribution < -0.4 is 11.2 Å². The van der Waals surface area contributed by atoms with Crippen molar-refractivity contribution in [3.63, 3.8) is 0 Å². The maximum atomic E-state index is 13.3. The Morgan fingerprint density at radius 1 is 1.00 bits per heavy atom. The van der Waals surface area contributed by atoms with Crippen LogP contribution in [0, 0.1) is 18.7 Å². The lowest BCUT2D eigenvalue weighted by molar-refractivity contribution is 0.489. The predicted molar refractivity (Wildman–Crippen MR) is 115 cm³/mol. The third kappa shape index (κ3) is 3.58. The zero-order valence-electron chi connectivity index (χ0n) is 17.2. The molecule has 0 aliphatic heterocycles. The van der Waals surface area contributed by atoms with Gasteiger partial charge in [0.1, 0.15) is 5.82 Å². The van der Waals surface area contributed by atoms with Gasteiger partial charge in [-0.15, -0.1) is 0 Å². The summed E-state index contributed by atoms with van der Waals surface area (Å²) in [5.74, 6) is -0.200. The quantitative estimate of drug-likeness (QED) is 0.510. The van der Waals surface area contributed by atoms with Gasteiger partial charge in [0.05, 0.1) is 12.0 Å². The molecule has 2 aromatic heterocycles. The monoisotopic (exact) mass is 406 g/mol. The van der Waals surface area contributed by atoms with E-state index in [9.17, 15) is 14.0 Å². The molecule has 0 amide bonds. The molecule has 0 spiro atoms. The minimum absolute atomic E-state index is 0.118. The molecule has 0 atom stereocenters. The van der Waals surface area contributed by atoms with E-state index in [4.69, 9.17) is 0 Å². The van der Waals surface area contributed by atoms with Gasteiger partial charge in [0.25, 0.3) is 5.56 Å². The van der Waals surface area contributed by atoms with E-state index >= 15 is 0 Å². The van der Waals surface area contributed by atoms with Crippen LogP contribution in [-0.4, -0.2) is 18.7 Å². The number of imidazole rings is 1. The molecule has 0 aliphatic carbocycles. The molecular weight excluding hydrogens is 383 g/mol. The second kappa shape index (κ2) is 7.74. The molecule has 30 heavy (non-hydrogen) atoms. The number of rotatable bonds is 5. The van der Waals surface area contributed by atoms with Gasteiger partial charge in [-0.25, -0.2) is 18.7 Å². The molecule has 154 valence electrons. The average Bonchev–Trinajstić information content (AvgIpc) is 3.11. The second-order valence-electron chi connectivity index (χ2n) is 7.93. The summed E-state index contributed by atoms with van der Waals surface area (Å²) < 4.78 is 17.7. The molecule has 0 unspecified atom stereocenters. The van der Waals surface area contributed by atoms with Crippen molar-refractivity contribution in [1.82, 2.24) is 18.7 Å². The molecule has 0 radical (unpaired) electrons. The highest BCUT2D eigenvalue weighted by atomic mass is 19.1. The topological polar surface area (TPSA) is 61.8 Å². The van der Waals surface area contributed by atoms with Crippen LogP contribution in [0.25, 0.3) is 16.9 Å². The largest absolute Gasteiger partial charge is 0.337 e. The SMILES string of the molecule is Cc1ccc(-n2c(=O)n(CC(C)C)c(=O)c3c2ncn3Cc2ccc(F)cc2)cc1. The Bertz CT molecular complexity index is 1310. The fraction of sp³-hybridized carbons (Fsp3) is 0.261. The summed E-state index contributed by atoms with van der Waals surface area (Å²) in [5, 5.41) is 0. The van der Waals surface area contributed by atoms with Gasteiger partial charge in [0.15, 0.2) is 11.2 Å². The van der Waals surface area contributed by atoms with E-state index in [1.54, 1.807) is 23.0 Å². The minimum atomic E-state index is -0.405. The van der Waals surface area contributed by atoms with Crippen LogP contribution in [0.1, 0.15) is 25.0 Å². The summed E-state index contributed by atoms with van der Waals surface area (Å²) in [6, 6.07) is 13.6. The van der Waals surface area contributed by atoms with Crippen molar-refractivity contribution in [2.45, 2.75) is 33.9 Å². The molecule has 7 heteroatoms. The number of aryl methyl sites for hydroxylation is 1. The summed E-state index contributed by atoms with van der Waals surface area (Å²) >= 11 is 0. The van der Waals surface area contributed by atoms with Crippen molar-refractivity contribution in [3.05, 3.63) is 92.6 Å². The highest BCUT2D eigenvalue weighted by Crippen LogP contribution is 2.16. The van der Waals surface area contributed by atoms with Gasteiger partial charge < -0.3 is 4.57 Å². The molecule has 2 heterocycles. The van der Waals surface area contributed by atoms with E-state index in [0.717, 1.165) is 11.1 Å². The van der Waals surface area contributed by atoms with Gasteiger partial charge in [0.2, 0.25) is 0 Å². The van der Waals surface area contributed by atoms with Crippen molar-refractivity contribution >= 4 is 11.2 Å². The summed E-state index contributed by atoms with van der Waals surface area (Å²) in [6.07, 6.45) is 1.55. The zero-order chi connectivity index (χ0) is 21.4. The lowest BCUT2D eigenvalue weighted by atomic mass is 10.2. The second-order valence-corrected chi connectivity index (χ2v) is 7.93. The van der Waals surface area contributed by atoms with Gasteiger partial charge in [-0.2, -0.15) is 0 Å². The van der Waals surface area contributed by atoms with Crippen LogP contribution in [0.2, 0.25) is 0 Å². The maximum absolute atomic E-state index is 13.3. The first kappa shape index (κ1) is 19.8. The standard InChI is InChI=1S/C23H23FN4O2/c1-15(2)12-27-22(29)20-21(28(23(27)30)19-10-4-16(3)5-11-19)25-14-26(20)13-17-6-8-18(24)9-7-17/h4-11,14-15H,12-13H2,1-3H3. The molecule has 6 nitrogen and oxygen atoms in total. The number of benzene rings is 2. The van der Waals surface area contributed by atoms with Crippen molar-refractivity contribution in [3.8, 4) is 5.69 Å². The Labute approximate surface area is 172 Å². The van der Waals surface area contributed by atoms with Crippen LogP contribution in [-0.2, 0) is 13.1 Å². The van der Waals surface area contributed by atoms with Crippen LogP contribution in [0.3, 0.4) is 0 Å². The van der Waals surface area contributed by atoms with Crippen LogP contribution >= 0.6 is 0 Å². The Morgan fingerprint density at radius 2 is 1.67 bits per heavy atom. The molecule has 0 saturated heterocycles. The van der Waals surface area contributed by atoms with Gasteiger partial charge in [-0.05, 0) is 42.7 Å². The summed E-state index contributed by atoms with van der Waals surface area (Å²) in [4.78, 5) is 31.0. The van der Waals surface area contributed by atoms with Gasteiger partial charge in [-0.3, -0.25) is 9.36 Å². The molecule has 4 aromatic rings. The van der Waals surface area contributed by atoms with Gasteiger partial charge >= 0.3 is 5.69 Å². The average molecular weight is 406 g/mol. The first-order valence-corrected chi connectivity index (χ1v) is 9.87. The van der Waals surface area contributed by atoms with Crippen molar-refractivity contribution in [2.75, 3.05) is 0 Å². The van der Waals surface area contributed by atoms with Crippen molar-refractivity contribution in [2.24, 2.45) is 5.92 Å². The summed E-state index contributed by atoms with van der Waals surface area (Å²) in [7, 11) is 0. The number of hydrogen-bond donors (Lipinski definition) is 0. The lowest BCUT2D eigenvalue weighted by Gasteiger charge is -2.14. The number of hydrogen-bond acceptors (Lipinski definition) is 3. The van der Waals surface area contributed by atoms with Gasteiger partial charge in [-0.1, -0.05) is 43.7 Å². The van der Waals surface area contributed by atoms with Crippen molar-refractivity contribution < 1.29 is 4.39 Å². The minimum Gasteiger partial charge on any atom is -0.320 e. The van der Waals surface area contributed by atoms with Crippen LogP contribution in [0.5, 0.6) is 0 Å². The highest BCUT2D eigenvalue weighted by molar-refractivity contribution is 5.72. The molecule has 4 rings (SSSR count). The number of nitrogens with zero attached hydrogens (tertiary/aromatic N) is 4. The number of halogens is 1. The first-order chi connectivity index (χ1) is 14.3. The summed E-state index contributed by atoms with van der Waals surface area (Å²) in [5.41, 5.74) is 2.44. The lowest BCUT2D eigenvalue weighted by Crippen LogP contribution is -2.41. The Kier molecular flexibility index (Phi) is 5.11. The number of aromatic nitrogens is 4. The summed E-state index contributed by atoms with van der Waals surface area (Å²) in [6.45, 7) is 6.55. The Hall–Kier alpha value is -3.48. The van der Waals surface area contributed by atoms with E-state index in [0.29, 0.717) is 29.9 Å². The molecule has 0 N–H and O–H groups in total. The molecule has 0 saturated carbocycles. The first-order valence-electron chi connectivity index (χ1n) is 9.87. The smallest absolute Gasteiger partial charge is 0.320 e. The Balaban J connectivity index is 1.97. The third-order valence-corrected chi connectivity index (χ3v) is 5.01. The van der Waals surface area contributed by atoms with E-state index in [1.807, 2.05) is 45.0 Å². The molecule has 0 bridgehead atoms. The van der Waals surface area contributed by atoms with Crippen LogP contribution in [0.4, 0.5) is 4.39 Å². The van der Waals surface area contributed by atoms with Crippen LogP contribution in [0.15, 0.2) is 64.4 Å². The predicted octanol–water partition coefficient (Wildman–Crippen LogP) is 3.50. The fourth-order valence-corrected chi connectivity index (χ4v) is 3.54. The van der Waals surface area contributed by atoms with E-state index in [2.05, 4.69) is 4.98 Å². The Morgan fingerprint density at radius 3 is 2.30 bits per heavy atom.